The number of carbonyl (C=O) groups excluding carboxylic acids is 1. The Hall–Kier alpha value is -1.44. The predicted octanol–water partition coefficient (Wildman–Crippen LogP) is 1.33. The summed E-state index contributed by atoms with van der Waals surface area (Å²) in [5.74, 6) is -0.0881. The Bertz CT molecular complexity index is 683. The van der Waals surface area contributed by atoms with E-state index in [9.17, 15) is 13.2 Å². The van der Waals surface area contributed by atoms with Gasteiger partial charge in [-0.15, -0.1) is 0 Å². The maximum Gasteiger partial charge on any atom is 0.253 e. The van der Waals surface area contributed by atoms with Gasteiger partial charge in [0.25, 0.3) is 5.91 Å². The first-order chi connectivity index (χ1) is 11.0. The molecule has 2 fully saturated rings. The van der Waals surface area contributed by atoms with Gasteiger partial charge in [-0.05, 0) is 38.0 Å². The summed E-state index contributed by atoms with van der Waals surface area (Å²) < 4.78 is 32.4. The van der Waals surface area contributed by atoms with Crippen molar-refractivity contribution in [2.75, 3.05) is 32.8 Å². The first kappa shape index (κ1) is 16.4. The molecule has 23 heavy (non-hydrogen) atoms. The van der Waals surface area contributed by atoms with Gasteiger partial charge in [0.05, 0.1) is 17.6 Å². The molecule has 1 unspecified atom stereocenters. The molecule has 1 aromatic carbocycles. The Morgan fingerprint density at radius 3 is 2.65 bits per heavy atom. The zero-order valence-electron chi connectivity index (χ0n) is 13.3. The highest BCUT2D eigenvalue weighted by atomic mass is 32.2. The first-order valence-electron chi connectivity index (χ1n) is 7.99. The summed E-state index contributed by atoms with van der Waals surface area (Å²) in [6, 6.07) is 6.37. The van der Waals surface area contributed by atoms with Crippen molar-refractivity contribution in [1.29, 1.82) is 0 Å². The number of morpholine rings is 1. The minimum atomic E-state index is -3.59. The molecule has 0 bridgehead atoms. The molecule has 126 valence electrons. The molecule has 0 radical (unpaired) electrons. The number of hydrogen-bond donors (Lipinski definition) is 0. The van der Waals surface area contributed by atoms with Gasteiger partial charge in [-0.1, -0.05) is 6.07 Å². The highest BCUT2D eigenvalue weighted by molar-refractivity contribution is 7.89. The fourth-order valence-electron chi connectivity index (χ4n) is 3.05. The summed E-state index contributed by atoms with van der Waals surface area (Å²) in [6.45, 7) is 4.43. The summed E-state index contributed by atoms with van der Waals surface area (Å²) in [5, 5.41) is 0. The van der Waals surface area contributed by atoms with Crippen molar-refractivity contribution in [3.8, 4) is 0 Å². The van der Waals surface area contributed by atoms with E-state index < -0.39 is 10.0 Å². The summed E-state index contributed by atoms with van der Waals surface area (Å²) >= 11 is 0. The van der Waals surface area contributed by atoms with Gasteiger partial charge in [0.1, 0.15) is 0 Å². The van der Waals surface area contributed by atoms with Gasteiger partial charge >= 0.3 is 0 Å². The average molecular weight is 338 g/mol. The van der Waals surface area contributed by atoms with E-state index in [1.54, 1.807) is 23.1 Å². The van der Waals surface area contributed by atoms with Gasteiger partial charge in [-0.2, -0.15) is 4.31 Å². The predicted molar refractivity (Wildman–Crippen MR) is 85.8 cm³/mol. The van der Waals surface area contributed by atoms with Crippen LogP contribution < -0.4 is 0 Å². The molecule has 2 aliphatic heterocycles. The Balaban J connectivity index is 1.85. The van der Waals surface area contributed by atoms with E-state index in [1.165, 1.54) is 10.4 Å². The van der Waals surface area contributed by atoms with E-state index in [-0.39, 0.29) is 16.9 Å². The quantitative estimate of drug-likeness (QED) is 0.834. The second kappa shape index (κ2) is 6.59. The van der Waals surface area contributed by atoms with Crippen molar-refractivity contribution in [2.45, 2.75) is 30.8 Å². The number of ether oxygens (including phenoxy) is 1. The molecule has 0 N–H and O–H groups in total. The molecule has 0 aliphatic carbocycles. The van der Waals surface area contributed by atoms with Gasteiger partial charge < -0.3 is 9.64 Å². The van der Waals surface area contributed by atoms with Crippen LogP contribution in [-0.4, -0.2) is 62.4 Å². The highest BCUT2D eigenvalue weighted by Crippen LogP contribution is 2.21. The molecule has 1 aromatic rings. The molecule has 2 saturated heterocycles. The molecule has 0 aromatic heterocycles. The molecule has 1 atom stereocenters. The zero-order valence-corrected chi connectivity index (χ0v) is 14.1. The van der Waals surface area contributed by atoms with Crippen LogP contribution in [0.4, 0.5) is 0 Å². The van der Waals surface area contributed by atoms with Crippen LogP contribution in [0.1, 0.15) is 30.1 Å². The van der Waals surface area contributed by atoms with Crippen LogP contribution in [0.2, 0.25) is 0 Å². The van der Waals surface area contributed by atoms with Gasteiger partial charge in [0.2, 0.25) is 10.0 Å². The number of sulfonamides is 1. The number of rotatable bonds is 3. The van der Waals surface area contributed by atoms with Gasteiger partial charge in [0, 0.05) is 31.7 Å². The number of carbonyl (C=O) groups is 1. The molecular formula is C16H22N2O4S. The molecule has 1 amide bonds. The lowest BCUT2D eigenvalue weighted by Gasteiger charge is -2.30. The summed E-state index contributed by atoms with van der Waals surface area (Å²) in [7, 11) is -3.59. The van der Waals surface area contributed by atoms with Crippen LogP contribution in [0, 0.1) is 0 Å². The smallest absolute Gasteiger partial charge is 0.253 e. The van der Waals surface area contributed by atoms with Crippen molar-refractivity contribution in [2.24, 2.45) is 0 Å². The highest BCUT2D eigenvalue weighted by Gasteiger charge is 2.30. The number of benzene rings is 1. The topological polar surface area (TPSA) is 66.9 Å². The van der Waals surface area contributed by atoms with E-state index in [0.717, 1.165) is 25.9 Å². The van der Waals surface area contributed by atoms with Crippen molar-refractivity contribution >= 4 is 15.9 Å². The normalized spacial score (nSPS) is 23.2. The van der Waals surface area contributed by atoms with Crippen LogP contribution in [0.25, 0.3) is 0 Å². The fraction of sp³-hybridized carbons (Fsp3) is 0.562. The van der Waals surface area contributed by atoms with Crippen molar-refractivity contribution in [3.63, 3.8) is 0 Å². The molecule has 7 heteroatoms. The van der Waals surface area contributed by atoms with Gasteiger partial charge in [-0.3, -0.25) is 4.79 Å². The van der Waals surface area contributed by atoms with E-state index in [2.05, 4.69) is 0 Å². The van der Waals surface area contributed by atoms with Crippen LogP contribution >= 0.6 is 0 Å². The number of likely N-dealkylation sites (tertiary alicyclic amines) is 1. The van der Waals surface area contributed by atoms with E-state index in [1.807, 2.05) is 6.92 Å². The largest absolute Gasteiger partial charge is 0.376 e. The van der Waals surface area contributed by atoms with Gasteiger partial charge in [0.15, 0.2) is 0 Å². The third kappa shape index (κ3) is 3.41. The van der Waals surface area contributed by atoms with Crippen LogP contribution in [0.3, 0.4) is 0 Å². The van der Waals surface area contributed by atoms with Gasteiger partial charge in [-0.25, -0.2) is 8.42 Å². The van der Waals surface area contributed by atoms with Crippen LogP contribution in [0.15, 0.2) is 29.2 Å². The number of amides is 1. The number of nitrogens with zero attached hydrogens (tertiary/aromatic N) is 2. The fourth-order valence-corrected chi connectivity index (χ4v) is 4.59. The Labute approximate surface area is 137 Å². The van der Waals surface area contributed by atoms with E-state index in [4.69, 9.17) is 4.74 Å². The third-order valence-electron chi connectivity index (χ3n) is 4.32. The Kier molecular flexibility index (Phi) is 4.70. The first-order valence-corrected chi connectivity index (χ1v) is 9.43. The van der Waals surface area contributed by atoms with Crippen molar-refractivity contribution < 1.29 is 17.9 Å². The second-order valence-corrected chi connectivity index (χ2v) is 8.01. The van der Waals surface area contributed by atoms with Crippen molar-refractivity contribution in [3.05, 3.63) is 29.8 Å². The van der Waals surface area contributed by atoms with Crippen LogP contribution in [-0.2, 0) is 14.8 Å². The standard InChI is InChI=1S/C16H22N2O4S/c1-13-12-18(9-10-22-13)23(20,21)15-6-4-5-14(11-15)16(19)17-7-2-3-8-17/h4-6,11,13H,2-3,7-10,12H2,1H3. The molecule has 2 aliphatic rings. The average Bonchev–Trinajstić information content (AvgIpc) is 3.09. The summed E-state index contributed by atoms with van der Waals surface area (Å²) in [6.07, 6.45) is 1.90. The Morgan fingerprint density at radius 2 is 1.96 bits per heavy atom. The minimum absolute atomic E-state index is 0.0881. The number of hydrogen-bond acceptors (Lipinski definition) is 4. The zero-order chi connectivity index (χ0) is 16.4. The maximum atomic E-state index is 12.8. The minimum Gasteiger partial charge on any atom is -0.376 e. The molecule has 0 spiro atoms. The Morgan fingerprint density at radius 1 is 1.22 bits per heavy atom. The van der Waals surface area contributed by atoms with Crippen molar-refractivity contribution in [1.82, 2.24) is 9.21 Å². The molecule has 0 saturated carbocycles. The van der Waals surface area contributed by atoms with E-state index in [0.29, 0.717) is 25.3 Å². The SMILES string of the molecule is CC1CN(S(=O)(=O)c2cccc(C(=O)N3CCCC3)c2)CCO1. The van der Waals surface area contributed by atoms with Crippen LogP contribution in [0.5, 0.6) is 0 Å². The molecule has 3 rings (SSSR count). The maximum absolute atomic E-state index is 12.8. The lowest BCUT2D eigenvalue weighted by molar-refractivity contribution is 0.0102. The lowest BCUT2D eigenvalue weighted by Crippen LogP contribution is -2.44. The molecule has 6 nitrogen and oxygen atoms in total. The monoisotopic (exact) mass is 338 g/mol. The summed E-state index contributed by atoms with van der Waals surface area (Å²) in [4.78, 5) is 14.4. The third-order valence-corrected chi connectivity index (χ3v) is 6.18. The lowest BCUT2D eigenvalue weighted by atomic mass is 10.2. The summed E-state index contributed by atoms with van der Waals surface area (Å²) in [5.41, 5.74) is 0.439. The second-order valence-electron chi connectivity index (χ2n) is 6.07. The molecule has 2 heterocycles. The molecular weight excluding hydrogens is 316 g/mol. The van der Waals surface area contributed by atoms with E-state index >= 15 is 0 Å².